The molecule has 0 amide bonds. The second-order valence-electron chi connectivity index (χ2n) is 6.75. The Labute approximate surface area is 127 Å². The zero-order valence-electron chi connectivity index (χ0n) is 13.3. The number of anilines is 1. The molecule has 0 aliphatic carbocycles. The third-order valence-corrected chi connectivity index (χ3v) is 4.01. The van der Waals surface area contributed by atoms with Crippen molar-refractivity contribution in [1.29, 1.82) is 0 Å². The Balaban J connectivity index is 2.06. The summed E-state index contributed by atoms with van der Waals surface area (Å²) in [6.07, 6.45) is 1.01. The first-order chi connectivity index (χ1) is 9.97. The fourth-order valence-electron chi connectivity index (χ4n) is 2.92. The monoisotopic (exact) mass is 281 g/mol. The number of nitrogens with zero attached hydrogens (tertiary/aromatic N) is 1. The Morgan fingerprint density at radius 1 is 1.00 bits per heavy atom. The Hall–Kier alpha value is -1.80. The van der Waals surface area contributed by atoms with Gasteiger partial charge in [0.25, 0.3) is 0 Å². The molecule has 21 heavy (non-hydrogen) atoms. The molecule has 0 N–H and O–H groups in total. The van der Waals surface area contributed by atoms with Crippen molar-refractivity contribution in [2.75, 3.05) is 5.06 Å². The largest absolute Gasteiger partial charge is 0.264 e. The van der Waals surface area contributed by atoms with Crippen molar-refractivity contribution in [2.45, 2.75) is 45.8 Å². The SMILES string of the molecule is Cc1cccc2c1CC(c1ccccc1)ON2C(C)(C)C. The lowest BCUT2D eigenvalue weighted by Gasteiger charge is -2.43. The first kappa shape index (κ1) is 14.2. The van der Waals surface area contributed by atoms with E-state index in [1.54, 1.807) is 0 Å². The van der Waals surface area contributed by atoms with Gasteiger partial charge in [-0.05, 0) is 50.5 Å². The van der Waals surface area contributed by atoms with Gasteiger partial charge in [-0.15, -0.1) is 0 Å². The molecule has 0 aromatic heterocycles. The van der Waals surface area contributed by atoms with Gasteiger partial charge < -0.3 is 0 Å². The first-order valence-electron chi connectivity index (χ1n) is 7.57. The van der Waals surface area contributed by atoms with Crippen LogP contribution in [-0.4, -0.2) is 5.54 Å². The molecule has 110 valence electrons. The highest BCUT2D eigenvalue weighted by Gasteiger charge is 2.33. The highest BCUT2D eigenvalue weighted by atomic mass is 16.7. The summed E-state index contributed by atoms with van der Waals surface area (Å²) in [6.45, 7) is 8.75. The average Bonchev–Trinajstić information content (AvgIpc) is 2.47. The molecule has 0 radical (unpaired) electrons. The van der Waals surface area contributed by atoms with Crippen LogP contribution < -0.4 is 5.06 Å². The summed E-state index contributed by atoms with van der Waals surface area (Å²) in [6, 6.07) is 17.0. The van der Waals surface area contributed by atoms with Gasteiger partial charge in [-0.2, -0.15) is 0 Å². The number of aryl methyl sites for hydroxylation is 1. The number of benzene rings is 2. The second-order valence-corrected chi connectivity index (χ2v) is 6.75. The molecule has 0 bridgehead atoms. The quantitative estimate of drug-likeness (QED) is 0.742. The van der Waals surface area contributed by atoms with Crippen LogP contribution in [0, 0.1) is 6.92 Å². The lowest BCUT2D eigenvalue weighted by atomic mass is 9.93. The minimum absolute atomic E-state index is 0.0734. The Kier molecular flexibility index (Phi) is 3.50. The maximum absolute atomic E-state index is 6.35. The molecule has 1 heterocycles. The van der Waals surface area contributed by atoms with Crippen molar-refractivity contribution < 1.29 is 4.84 Å². The van der Waals surface area contributed by atoms with Crippen LogP contribution in [0.3, 0.4) is 0 Å². The summed E-state index contributed by atoms with van der Waals surface area (Å²) in [5.74, 6) is 0. The number of hydroxylamine groups is 1. The molecule has 0 spiro atoms. The van der Waals surface area contributed by atoms with Gasteiger partial charge in [0.1, 0.15) is 6.10 Å². The van der Waals surface area contributed by atoms with Crippen LogP contribution in [0.5, 0.6) is 0 Å². The molecule has 2 nitrogen and oxygen atoms in total. The van der Waals surface area contributed by atoms with Crippen LogP contribution in [0.25, 0.3) is 0 Å². The molecule has 2 aromatic rings. The van der Waals surface area contributed by atoms with Crippen LogP contribution in [-0.2, 0) is 11.3 Å². The number of fused-ring (bicyclic) bond motifs is 1. The van der Waals surface area contributed by atoms with Gasteiger partial charge in [-0.25, -0.2) is 5.06 Å². The standard InChI is InChI=1S/C19H23NO/c1-14-9-8-12-17-16(14)13-18(15-10-6-5-7-11-15)21-20(17)19(2,3)4/h5-12,18H,13H2,1-4H3. The normalized spacial score (nSPS) is 18.5. The van der Waals surface area contributed by atoms with E-state index >= 15 is 0 Å². The van der Waals surface area contributed by atoms with E-state index in [0.717, 1.165) is 6.42 Å². The van der Waals surface area contributed by atoms with Crippen molar-refractivity contribution in [3.8, 4) is 0 Å². The molecule has 2 aromatic carbocycles. The van der Waals surface area contributed by atoms with E-state index in [1.165, 1.54) is 22.4 Å². The molecule has 0 fully saturated rings. The molecular weight excluding hydrogens is 258 g/mol. The lowest BCUT2D eigenvalue weighted by molar-refractivity contribution is -0.00926. The summed E-state index contributed by atoms with van der Waals surface area (Å²) in [5.41, 5.74) is 5.10. The van der Waals surface area contributed by atoms with Crippen molar-refractivity contribution in [1.82, 2.24) is 0 Å². The van der Waals surface area contributed by atoms with Crippen LogP contribution in [0.4, 0.5) is 5.69 Å². The van der Waals surface area contributed by atoms with E-state index in [4.69, 9.17) is 4.84 Å². The molecule has 2 heteroatoms. The second kappa shape index (κ2) is 5.19. The Bertz CT molecular complexity index is 628. The highest BCUT2D eigenvalue weighted by molar-refractivity contribution is 5.58. The Morgan fingerprint density at radius 2 is 1.71 bits per heavy atom. The molecule has 1 atom stereocenters. The molecule has 0 saturated heterocycles. The smallest absolute Gasteiger partial charge is 0.115 e. The van der Waals surface area contributed by atoms with Crippen LogP contribution in [0.1, 0.15) is 43.6 Å². The summed E-state index contributed by atoms with van der Waals surface area (Å²) in [4.78, 5) is 6.35. The number of hydrogen-bond acceptors (Lipinski definition) is 2. The zero-order chi connectivity index (χ0) is 15.0. The van der Waals surface area contributed by atoms with Crippen LogP contribution >= 0.6 is 0 Å². The van der Waals surface area contributed by atoms with E-state index in [1.807, 2.05) is 6.07 Å². The Morgan fingerprint density at radius 3 is 2.38 bits per heavy atom. The topological polar surface area (TPSA) is 12.5 Å². The lowest BCUT2D eigenvalue weighted by Crippen LogP contribution is -2.45. The van der Waals surface area contributed by atoms with Crippen LogP contribution in [0.2, 0.25) is 0 Å². The van der Waals surface area contributed by atoms with Gasteiger partial charge >= 0.3 is 0 Å². The van der Waals surface area contributed by atoms with E-state index in [9.17, 15) is 0 Å². The molecule has 1 aliphatic heterocycles. The van der Waals surface area contributed by atoms with E-state index < -0.39 is 0 Å². The zero-order valence-corrected chi connectivity index (χ0v) is 13.3. The average molecular weight is 281 g/mol. The van der Waals surface area contributed by atoms with Crippen LogP contribution in [0.15, 0.2) is 48.5 Å². The van der Waals surface area contributed by atoms with E-state index in [-0.39, 0.29) is 11.6 Å². The molecule has 1 unspecified atom stereocenters. The summed E-state index contributed by atoms with van der Waals surface area (Å²) in [7, 11) is 0. The summed E-state index contributed by atoms with van der Waals surface area (Å²) in [5, 5.41) is 2.08. The van der Waals surface area contributed by atoms with Gasteiger partial charge in [-0.3, -0.25) is 4.84 Å². The minimum atomic E-state index is -0.0734. The maximum atomic E-state index is 6.35. The van der Waals surface area contributed by atoms with E-state index in [0.29, 0.717) is 0 Å². The summed E-state index contributed by atoms with van der Waals surface area (Å²) >= 11 is 0. The van der Waals surface area contributed by atoms with Crippen molar-refractivity contribution in [3.05, 3.63) is 65.2 Å². The van der Waals surface area contributed by atoms with Gasteiger partial charge in [-0.1, -0.05) is 42.5 Å². The van der Waals surface area contributed by atoms with E-state index in [2.05, 4.69) is 75.2 Å². The third-order valence-electron chi connectivity index (χ3n) is 4.01. The first-order valence-corrected chi connectivity index (χ1v) is 7.57. The predicted molar refractivity (Wildman–Crippen MR) is 87.4 cm³/mol. The van der Waals surface area contributed by atoms with Crippen molar-refractivity contribution >= 4 is 5.69 Å². The summed E-state index contributed by atoms with van der Waals surface area (Å²) < 4.78 is 0. The van der Waals surface area contributed by atoms with Gasteiger partial charge in [0.05, 0.1) is 11.2 Å². The van der Waals surface area contributed by atoms with Crippen molar-refractivity contribution in [2.24, 2.45) is 0 Å². The molecule has 3 rings (SSSR count). The molecule has 1 aliphatic rings. The van der Waals surface area contributed by atoms with Crippen molar-refractivity contribution in [3.63, 3.8) is 0 Å². The van der Waals surface area contributed by atoms with Gasteiger partial charge in [0.15, 0.2) is 0 Å². The molecular formula is C19H23NO. The van der Waals surface area contributed by atoms with Gasteiger partial charge in [0.2, 0.25) is 0 Å². The number of rotatable bonds is 1. The van der Waals surface area contributed by atoms with Gasteiger partial charge in [0, 0.05) is 6.42 Å². The fourth-order valence-corrected chi connectivity index (χ4v) is 2.92. The number of hydrogen-bond donors (Lipinski definition) is 0. The third kappa shape index (κ3) is 2.68. The predicted octanol–water partition coefficient (Wildman–Crippen LogP) is 4.83. The highest BCUT2D eigenvalue weighted by Crippen LogP contribution is 2.40. The molecule has 0 saturated carbocycles. The maximum Gasteiger partial charge on any atom is 0.115 e. The minimum Gasteiger partial charge on any atom is -0.264 e. The fraction of sp³-hybridized carbons (Fsp3) is 0.368.